The lowest BCUT2D eigenvalue weighted by molar-refractivity contribution is 0.745. The highest BCUT2D eigenvalue weighted by atomic mass is 32.2. The molecule has 6 heteroatoms. The van der Waals surface area contributed by atoms with Crippen molar-refractivity contribution in [1.82, 2.24) is 9.97 Å². The van der Waals surface area contributed by atoms with Crippen molar-refractivity contribution in [3.8, 4) is 0 Å². The zero-order chi connectivity index (χ0) is 14.4. The van der Waals surface area contributed by atoms with E-state index in [4.69, 9.17) is 5.84 Å². The summed E-state index contributed by atoms with van der Waals surface area (Å²) in [7, 11) is 0. The Kier molecular flexibility index (Phi) is 6.37. The Bertz CT molecular complexity index is 408. The molecule has 1 aromatic heterocycles. The third kappa shape index (κ3) is 4.24. The van der Waals surface area contributed by atoms with Crippen molar-refractivity contribution in [2.75, 3.05) is 22.8 Å². The van der Waals surface area contributed by atoms with Crippen LogP contribution < -0.4 is 16.6 Å². The lowest BCUT2D eigenvalue weighted by Crippen LogP contribution is -2.24. The maximum Gasteiger partial charge on any atom is 0.148 e. The predicted molar refractivity (Wildman–Crippen MR) is 84.8 cm³/mol. The van der Waals surface area contributed by atoms with Gasteiger partial charge in [0.05, 0.1) is 0 Å². The van der Waals surface area contributed by atoms with Gasteiger partial charge in [-0.2, -0.15) is 11.8 Å². The highest BCUT2D eigenvalue weighted by molar-refractivity contribution is 7.98. The maximum absolute atomic E-state index is 5.54. The van der Waals surface area contributed by atoms with Crippen LogP contribution in [0.4, 0.5) is 11.6 Å². The fourth-order valence-corrected chi connectivity index (χ4v) is 2.45. The first-order valence-electron chi connectivity index (χ1n) is 6.64. The van der Waals surface area contributed by atoms with E-state index in [0.717, 1.165) is 29.4 Å². The van der Waals surface area contributed by atoms with Crippen LogP contribution in [0.15, 0.2) is 0 Å². The SMILES string of the molecule is CCC(CSC)Nc1nc(C(C)C)nc(NN)c1C. The van der Waals surface area contributed by atoms with Crippen molar-refractivity contribution in [3.05, 3.63) is 11.4 Å². The summed E-state index contributed by atoms with van der Waals surface area (Å²) >= 11 is 1.83. The van der Waals surface area contributed by atoms with E-state index in [2.05, 4.69) is 47.7 Å². The molecule has 5 nitrogen and oxygen atoms in total. The second-order valence-electron chi connectivity index (χ2n) is 4.91. The van der Waals surface area contributed by atoms with Crippen molar-refractivity contribution in [1.29, 1.82) is 0 Å². The smallest absolute Gasteiger partial charge is 0.148 e. The van der Waals surface area contributed by atoms with Crippen LogP contribution in [0, 0.1) is 6.92 Å². The van der Waals surface area contributed by atoms with Gasteiger partial charge in [0.15, 0.2) is 0 Å². The molecule has 1 unspecified atom stereocenters. The van der Waals surface area contributed by atoms with E-state index in [9.17, 15) is 0 Å². The minimum absolute atomic E-state index is 0.272. The summed E-state index contributed by atoms with van der Waals surface area (Å²) in [6.07, 6.45) is 3.18. The Morgan fingerprint density at radius 1 is 1.26 bits per heavy atom. The number of aromatic nitrogens is 2. The van der Waals surface area contributed by atoms with Crippen LogP contribution in [-0.2, 0) is 0 Å². The first-order chi connectivity index (χ1) is 9.03. The molecule has 0 aliphatic rings. The van der Waals surface area contributed by atoms with Gasteiger partial charge in [-0.05, 0) is 19.6 Å². The van der Waals surface area contributed by atoms with Crippen molar-refractivity contribution in [3.63, 3.8) is 0 Å². The Labute approximate surface area is 120 Å². The number of hydrazine groups is 1. The average Bonchev–Trinajstić information content (AvgIpc) is 2.39. The number of anilines is 2. The average molecular weight is 283 g/mol. The van der Waals surface area contributed by atoms with Gasteiger partial charge >= 0.3 is 0 Å². The summed E-state index contributed by atoms with van der Waals surface area (Å²) in [6.45, 7) is 8.31. The summed E-state index contributed by atoms with van der Waals surface area (Å²) in [5, 5.41) is 3.50. The van der Waals surface area contributed by atoms with Crippen LogP contribution in [0.2, 0.25) is 0 Å². The van der Waals surface area contributed by atoms with Crippen LogP contribution in [-0.4, -0.2) is 28.0 Å². The van der Waals surface area contributed by atoms with Gasteiger partial charge < -0.3 is 10.7 Å². The fourth-order valence-electron chi connectivity index (χ4n) is 1.73. The van der Waals surface area contributed by atoms with E-state index in [1.165, 1.54) is 0 Å². The molecule has 19 heavy (non-hydrogen) atoms. The Hall–Kier alpha value is -1.01. The molecule has 0 saturated carbocycles. The van der Waals surface area contributed by atoms with Crippen LogP contribution in [0.25, 0.3) is 0 Å². The minimum atomic E-state index is 0.272. The molecular formula is C13H25N5S. The quantitative estimate of drug-likeness (QED) is 0.528. The molecule has 0 saturated heterocycles. The molecule has 0 aliphatic carbocycles. The molecule has 0 bridgehead atoms. The van der Waals surface area contributed by atoms with Crippen LogP contribution >= 0.6 is 11.8 Å². The number of nitrogens with two attached hydrogens (primary N) is 1. The minimum Gasteiger partial charge on any atom is -0.366 e. The van der Waals surface area contributed by atoms with Gasteiger partial charge in [0, 0.05) is 23.3 Å². The summed E-state index contributed by atoms with van der Waals surface area (Å²) < 4.78 is 0. The van der Waals surface area contributed by atoms with Crippen molar-refractivity contribution < 1.29 is 0 Å². The van der Waals surface area contributed by atoms with Crippen molar-refractivity contribution in [2.45, 2.75) is 46.1 Å². The normalized spacial score (nSPS) is 12.6. The van der Waals surface area contributed by atoms with Gasteiger partial charge in [-0.3, -0.25) is 0 Å². The number of hydrogen-bond donors (Lipinski definition) is 3. The maximum atomic E-state index is 5.54. The lowest BCUT2D eigenvalue weighted by Gasteiger charge is -2.20. The summed E-state index contributed by atoms with van der Waals surface area (Å²) in [4.78, 5) is 9.06. The van der Waals surface area contributed by atoms with E-state index >= 15 is 0 Å². The summed E-state index contributed by atoms with van der Waals surface area (Å²) in [5.74, 6) is 9.25. The summed E-state index contributed by atoms with van der Waals surface area (Å²) in [5.41, 5.74) is 3.62. The third-order valence-electron chi connectivity index (χ3n) is 3.02. The Morgan fingerprint density at radius 2 is 1.89 bits per heavy atom. The number of nitrogens with one attached hydrogen (secondary N) is 2. The third-order valence-corrected chi connectivity index (χ3v) is 3.75. The Morgan fingerprint density at radius 3 is 2.37 bits per heavy atom. The lowest BCUT2D eigenvalue weighted by atomic mass is 10.2. The largest absolute Gasteiger partial charge is 0.366 e. The van der Waals surface area contributed by atoms with E-state index in [-0.39, 0.29) is 5.92 Å². The molecule has 1 rings (SSSR count). The van der Waals surface area contributed by atoms with Crippen molar-refractivity contribution in [2.24, 2.45) is 5.84 Å². The van der Waals surface area contributed by atoms with E-state index < -0.39 is 0 Å². The number of rotatable bonds is 7. The van der Waals surface area contributed by atoms with Gasteiger partial charge in [0.25, 0.3) is 0 Å². The number of nitrogens with zero attached hydrogens (tertiary/aromatic N) is 2. The first-order valence-corrected chi connectivity index (χ1v) is 8.03. The predicted octanol–water partition coefficient (Wildman–Crippen LogP) is 2.75. The van der Waals surface area contributed by atoms with E-state index in [1.807, 2.05) is 18.7 Å². The first kappa shape index (κ1) is 16.0. The second-order valence-corrected chi connectivity index (χ2v) is 5.82. The molecule has 1 heterocycles. The second kappa shape index (κ2) is 7.55. The van der Waals surface area contributed by atoms with Gasteiger partial charge in [-0.1, -0.05) is 20.8 Å². The molecule has 4 N–H and O–H groups in total. The van der Waals surface area contributed by atoms with Crippen LogP contribution in [0.3, 0.4) is 0 Å². The topological polar surface area (TPSA) is 75.9 Å². The highest BCUT2D eigenvalue weighted by Gasteiger charge is 2.15. The number of hydrogen-bond acceptors (Lipinski definition) is 6. The van der Waals surface area contributed by atoms with E-state index in [1.54, 1.807) is 0 Å². The van der Waals surface area contributed by atoms with Gasteiger partial charge in [-0.25, -0.2) is 15.8 Å². The number of thioether (sulfide) groups is 1. The van der Waals surface area contributed by atoms with Gasteiger partial charge in [0.1, 0.15) is 17.5 Å². The standard InChI is InChI=1S/C13H25N5S/c1-6-10(7-19-5)15-12-9(4)13(18-14)17-11(16-12)8(2)3/h8,10H,6-7,14H2,1-5H3,(H2,15,16,17,18). The van der Waals surface area contributed by atoms with E-state index in [0.29, 0.717) is 11.9 Å². The zero-order valence-corrected chi connectivity index (χ0v) is 13.3. The molecule has 0 spiro atoms. The molecule has 1 atom stereocenters. The van der Waals surface area contributed by atoms with Gasteiger partial charge in [-0.15, -0.1) is 0 Å². The molecule has 108 valence electrons. The molecule has 0 amide bonds. The molecule has 0 radical (unpaired) electrons. The van der Waals surface area contributed by atoms with Gasteiger partial charge in [0.2, 0.25) is 0 Å². The molecular weight excluding hydrogens is 258 g/mol. The van der Waals surface area contributed by atoms with Crippen LogP contribution in [0.1, 0.15) is 44.5 Å². The molecule has 0 aliphatic heterocycles. The summed E-state index contributed by atoms with van der Waals surface area (Å²) in [6, 6.07) is 0.411. The Balaban J connectivity index is 3.07. The highest BCUT2D eigenvalue weighted by Crippen LogP contribution is 2.23. The van der Waals surface area contributed by atoms with Crippen molar-refractivity contribution >= 4 is 23.4 Å². The monoisotopic (exact) mass is 283 g/mol. The fraction of sp³-hybridized carbons (Fsp3) is 0.692. The number of nitrogen functional groups attached to an aromatic ring is 1. The molecule has 0 fully saturated rings. The zero-order valence-electron chi connectivity index (χ0n) is 12.4. The molecule has 0 aromatic carbocycles. The van der Waals surface area contributed by atoms with Crippen LogP contribution in [0.5, 0.6) is 0 Å². The molecule has 1 aromatic rings.